The summed E-state index contributed by atoms with van der Waals surface area (Å²) in [6.07, 6.45) is 1.64. The molecule has 0 spiro atoms. The molecule has 0 fully saturated rings. The van der Waals surface area contributed by atoms with Crippen molar-refractivity contribution in [1.29, 1.82) is 0 Å². The van der Waals surface area contributed by atoms with Crippen LogP contribution in [-0.2, 0) is 11.3 Å². The molecule has 0 aliphatic rings. The summed E-state index contributed by atoms with van der Waals surface area (Å²) in [6, 6.07) is 0. The van der Waals surface area contributed by atoms with E-state index in [1.807, 2.05) is 0 Å². The number of nitrogens with zero attached hydrogens (tertiary/aromatic N) is 2. The molecule has 0 amide bonds. The third kappa shape index (κ3) is 2.39. The van der Waals surface area contributed by atoms with Crippen LogP contribution in [0.15, 0.2) is 6.20 Å². The summed E-state index contributed by atoms with van der Waals surface area (Å²) in [6.45, 7) is 4.53. The van der Waals surface area contributed by atoms with Gasteiger partial charge in [-0.1, -0.05) is 13.8 Å². The monoisotopic (exact) mass is 181 g/mol. The lowest BCUT2D eigenvalue weighted by Crippen LogP contribution is -2.06. The van der Waals surface area contributed by atoms with E-state index in [-0.39, 0.29) is 0 Å². The fourth-order valence-electron chi connectivity index (χ4n) is 1.10. The molecule has 4 nitrogen and oxygen atoms in total. The second-order valence-electron chi connectivity index (χ2n) is 3.21. The topological polar surface area (TPSA) is 61.0 Å². The molecule has 0 aliphatic carbocycles. The molecular formula is C9H15N3O. The summed E-state index contributed by atoms with van der Waals surface area (Å²) in [4.78, 5) is 8.35. The van der Waals surface area contributed by atoms with E-state index >= 15 is 0 Å². The smallest absolute Gasteiger partial charge is 0.154 e. The minimum absolute atomic E-state index is 0.318. The maximum absolute atomic E-state index is 5.72. The average Bonchev–Trinajstić information content (AvgIpc) is 2.08. The van der Waals surface area contributed by atoms with Crippen molar-refractivity contribution in [3.8, 4) is 0 Å². The van der Waals surface area contributed by atoms with Gasteiger partial charge < -0.3 is 10.5 Å². The molecule has 1 aromatic heterocycles. The zero-order chi connectivity index (χ0) is 9.84. The Labute approximate surface area is 78.1 Å². The third-order valence-corrected chi connectivity index (χ3v) is 1.72. The highest BCUT2D eigenvalue weighted by Crippen LogP contribution is 2.17. The number of rotatable bonds is 3. The quantitative estimate of drug-likeness (QED) is 0.764. The molecule has 0 atom stereocenters. The van der Waals surface area contributed by atoms with Crippen LogP contribution in [0.3, 0.4) is 0 Å². The molecule has 2 N–H and O–H groups in total. The fourth-order valence-corrected chi connectivity index (χ4v) is 1.10. The summed E-state index contributed by atoms with van der Waals surface area (Å²) < 4.78 is 4.94. The number of ether oxygens (including phenoxy) is 1. The Balaban J connectivity index is 2.97. The van der Waals surface area contributed by atoms with E-state index in [1.54, 1.807) is 13.3 Å². The second-order valence-corrected chi connectivity index (χ2v) is 3.21. The zero-order valence-corrected chi connectivity index (χ0v) is 8.24. The highest BCUT2D eigenvalue weighted by molar-refractivity contribution is 5.41. The van der Waals surface area contributed by atoms with Gasteiger partial charge in [0.2, 0.25) is 0 Å². The number of anilines is 1. The normalized spacial score (nSPS) is 10.8. The van der Waals surface area contributed by atoms with Gasteiger partial charge in [-0.25, -0.2) is 9.97 Å². The molecule has 0 radical (unpaired) electrons. The molecule has 0 saturated heterocycles. The largest absolute Gasteiger partial charge is 0.396 e. The van der Waals surface area contributed by atoms with E-state index in [0.717, 1.165) is 5.69 Å². The molecule has 72 valence electrons. The van der Waals surface area contributed by atoms with Crippen LogP contribution in [0.5, 0.6) is 0 Å². The summed E-state index contributed by atoms with van der Waals surface area (Å²) in [5.74, 6) is 0.999. The van der Waals surface area contributed by atoms with Crippen LogP contribution in [0.2, 0.25) is 0 Å². The maximum Gasteiger partial charge on any atom is 0.154 e. The van der Waals surface area contributed by atoms with Crippen LogP contribution in [0.4, 0.5) is 5.69 Å². The van der Waals surface area contributed by atoms with Gasteiger partial charge in [0, 0.05) is 7.11 Å². The molecule has 0 aromatic carbocycles. The van der Waals surface area contributed by atoms with Gasteiger partial charge in [0.15, 0.2) is 5.82 Å². The van der Waals surface area contributed by atoms with Gasteiger partial charge in [-0.15, -0.1) is 0 Å². The highest BCUT2D eigenvalue weighted by atomic mass is 16.5. The van der Waals surface area contributed by atoms with Crippen molar-refractivity contribution in [2.24, 2.45) is 0 Å². The van der Waals surface area contributed by atoms with E-state index in [9.17, 15) is 0 Å². The first-order chi connectivity index (χ1) is 6.15. The van der Waals surface area contributed by atoms with Gasteiger partial charge in [0.25, 0.3) is 0 Å². The number of nitrogens with two attached hydrogens (primary N) is 1. The Bertz CT molecular complexity index is 286. The molecule has 0 aliphatic heterocycles. The molecule has 1 aromatic rings. The average molecular weight is 181 g/mol. The summed E-state index contributed by atoms with van der Waals surface area (Å²) in [5, 5.41) is 0. The van der Waals surface area contributed by atoms with Crippen LogP contribution in [0.1, 0.15) is 31.3 Å². The number of nitrogen functional groups attached to an aromatic ring is 1. The van der Waals surface area contributed by atoms with Crippen molar-refractivity contribution in [3.63, 3.8) is 0 Å². The van der Waals surface area contributed by atoms with Gasteiger partial charge in [0.1, 0.15) is 6.61 Å². The Morgan fingerprint density at radius 3 is 2.77 bits per heavy atom. The van der Waals surface area contributed by atoms with Gasteiger partial charge in [-0.3, -0.25) is 0 Å². The number of hydrogen-bond donors (Lipinski definition) is 1. The summed E-state index contributed by atoms with van der Waals surface area (Å²) >= 11 is 0. The van der Waals surface area contributed by atoms with Gasteiger partial charge in [0.05, 0.1) is 17.6 Å². The van der Waals surface area contributed by atoms with Gasteiger partial charge >= 0.3 is 0 Å². The molecule has 13 heavy (non-hydrogen) atoms. The third-order valence-electron chi connectivity index (χ3n) is 1.72. The molecule has 1 heterocycles. The standard InChI is InChI=1S/C9H15N3O/c1-6(2)9-7(10)4-11-8(12-9)5-13-3/h4,6H,5,10H2,1-3H3. The molecule has 0 bridgehead atoms. The minimum Gasteiger partial charge on any atom is -0.396 e. The second kappa shape index (κ2) is 4.18. The first kappa shape index (κ1) is 9.92. The van der Waals surface area contributed by atoms with Crippen molar-refractivity contribution in [1.82, 2.24) is 9.97 Å². The lowest BCUT2D eigenvalue weighted by Gasteiger charge is -2.08. The summed E-state index contributed by atoms with van der Waals surface area (Å²) in [7, 11) is 1.62. The van der Waals surface area contributed by atoms with Crippen LogP contribution in [-0.4, -0.2) is 17.1 Å². The fraction of sp³-hybridized carbons (Fsp3) is 0.556. The van der Waals surface area contributed by atoms with Crippen molar-refractivity contribution in [3.05, 3.63) is 17.7 Å². The molecular weight excluding hydrogens is 166 g/mol. The van der Waals surface area contributed by atoms with Gasteiger partial charge in [-0.2, -0.15) is 0 Å². The predicted octanol–water partition coefficient (Wildman–Crippen LogP) is 1.33. The van der Waals surface area contributed by atoms with Crippen molar-refractivity contribution in [2.45, 2.75) is 26.4 Å². The van der Waals surface area contributed by atoms with E-state index in [1.165, 1.54) is 0 Å². The van der Waals surface area contributed by atoms with Crippen molar-refractivity contribution in [2.75, 3.05) is 12.8 Å². The van der Waals surface area contributed by atoms with E-state index in [2.05, 4.69) is 23.8 Å². The lowest BCUT2D eigenvalue weighted by atomic mass is 10.1. The number of methoxy groups -OCH3 is 1. The lowest BCUT2D eigenvalue weighted by molar-refractivity contribution is 0.177. The van der Waals surface area contributed by atoms with Crippen LogP contribution < -0.4 is 5.73 Å². The predicted molar refractivity (Wildman–Crippen MR) is 51.2 cm³/mol. The van der Waals surface area contributed by atoms with Crippen LogP contribution in [0.25, 0.3) is 0 Å². The Kier molecular flexibility index (Phi) is 3.19. The van der Waals surface area contributed by atoms with E-state index in [4.69, 9.17) is 10.5 Å². The SMILES string of the molecule is COCc1ncc(N)c(C(C)C)n1. The van der Waals surface area contributed by atoms with Crippen LogP contribution >= 0.6 is 0 Å². The highest BCUT2D eigenvalue weighted by Gasteiger charge is 2.07. The zero-order valence-electron chi connectivity index (χ0n) is 8.24. The number of aromatic nitrogens is 2. The summed E-state index contributed by atoms with van der Waals surface area (Å²) in [5.41, 5.74) is 7.26. The molecule has 0 unspecified atom stereocenters. The van der Waals surface area contributed by atoms with Crippen molar-refractivity contribution >= 4 is 5.69 Å². The molecule has 0 saturated carbocycles. The first-order valence-corrected chi connectivity index (χ1v) is 4.25. The van der Waals surface area contributed by atoms with E-state index in [0.29, 0.717) is 24.0 Å². The Hall–Kier alpha value is -1.16. The number of hydrogen-bond acceptors (Lipinski definition) is 4. The van der Waals surface area contributed by atoms with E-state index < -0.39 is 0 Å². The Morgan fingerprint density at radius 2 is 2.23 bits per heavy atom. The molecule has 4 heteroatoms. The molecule has 1 rings (SSSR count). The minimum atomic E-state index is 0.318. The Morgan fingerprint density at radius 1 is 1.54 bits per heavy atom. The van der Waals surface area contributed by atoms with Gasteiger partial charge in [-0.05, 0) is 5.92 Å². The first-order valence-electron chi connectivity index (χ1n) is 4.25. The van der Waals surface area contributed by atoms with Crippen LogP contribution in [0, 0.1) is 0 Å². The van der Waals surface area contributed by atoms with Crippen molar-refractivity contribution < 1.29 is 4.74 Å². The maximum atomic E-state index is 5.72.